The van der Waals surface area contributed by atoms with Crippen molar-refractivity contribution in [2.75, 3.05) is 6.54 Å². The average Bonchev–Trinajstić information content (AvgIpc) is 3.29. The van der Waals surface area contributed by atoms with Gasteiger partial charge in [-0.25, -0.2) is 0 Å². The molecule has 2 aliphatic heterocycles. The number of aliphatic hydroxyl groups is 1. The first-order valence-electron chi connectivity index (χ1n) is 10.2. The van der Waals surface area contributed by atoms with Crippen molar-refractivity contribution in [3.63, 3.8) is 0 Å². The van der Waals surface area contributed by atoms with E-state index in [1.54, 1.807) is 0 Å². The smallest absolute Gasteiger partial charge is 0.225 e. The summed E-state index contributed by atoms with van der Waals surface area (Å²) in [5, 5.41) is 17.0. The molecule has 0 unspecified atom stereocenters. The maximum atomic E-state index is 12.8. The van der Waals surface area contributed by atoms with Gasteiger partial charge in [0.1, 0.15) is 0 Å². The molecule has 148 valence electrons. The molecular formula is C20H30N4O3. The van der Waals surface area contributed by atoms with E-state index in [1.807, 2.05) is 18.7 Å². The van der Waals surface area contributed by atoms with Gasteiger partial charge in [-0.3, -0.25) is 14.7 Å². The quantitative estimate of drug-likeness (QED) is 0.835. The van der Waals surface area contributed by atoms with E-state index in [4.69, 9.17) is 0 Å². The minimum absolute atomic E-state index is 0.0267. The maximum absolute atomic E-state index is 12.8. The van der Waals surface area contributed by atoms with Gasteiger partial charge in [-0.15, -0.1) is 0 Å². The van der Waals surface area contributed by atoms with Crippen LogP contribution in [0.15, 0.2) is 0 Å². The van der Waals surface area contributed by atoms with E-state index in [9.17, 15) is 14.7 Å². The highest BCUT2D eigenvalue weighted by molar-refractivity contribution is 5.84. The number of H-pyrrole nitrogens is 1. The Kier molecular flexibility index (Phi) is 4.97. The number of amides is 2. The zero-order chi connectivity index (χ0) is 19.1. The average molecular weight is 374 g/mol. The Bertz CT molecular complexity index is 723. The van der Waals surface area contributed by atoms with Crippen LogP contribution in [0.5, 0.6) is 0 Å². The second-order valence-electron chi connectivity index (χ2n) is 8.40. The number of aliphatic hydroxyl groups excluding tert-OH is 1. The Morgan fingerprint density at radius 1 is 1.19 bits per heavy atom. The third-order valence-electron chi connectivity index (χ3n) is 6.85. The number of carbonyl (C=O) groups is 2. The summed E-state index contributed by atoms with van der Waals surface area (Å²) >= 11 is 0. The molecule has 0 radical (unpaired) electrons. The molecule has 3 heterocycles. The van der Waals surface area contributed by atoms with Crippen LogP contribution in [0.25, 0.3) is 0 Å². The molecule has 0 spiro atoms. The molecule has 3 aliphatic rings. The lowest BCUT2D eigenvalue weighted by atomic mass is 9.91. The Morgan fingerprint density at radius 3 is 2.59 bits per heavy atom. The van der Waals surface area contributed by atoms with E-state index in [1.165, 1.54) is 0 Å². The minimum atomic E-state index is -0.217. The molecule has 1 saturated carbocycles. The van der Waals surface area contributed by atoms with Gasteiger partial charge in [0.05, 0.1) is 23.9 Å². The van der Waals surface area contributed by atoms with Gasteiger partial charge < -0.3 is 14.9 Å². The fourth-order valence-electron chi connectivity index (χ4n) is 5.15. The van der Waals surface area contributed by atoms with Gasteiger partial charge in [-0.05, 0) is 51.5 Å². The Morgan fingerprint density at radius 2 is 1.93 bits per heavy atom. The third-order valence-corrected chi connectivity index (χ3v) is 6.85. The van der Waals surface area contributed by atoms with Crippen molar-refractivity contribution in [1.82, 2.24) is 20.0 Å². The summed E-state index contributed by atoms with van der Waals surface area (Å²) in [4.78, 5) is 29.5. The first-order valence-corrected chi connectivity index (χ1v) is 10.2. The number of aromatic nitrogens is 2. The van der Waals surface area contributed by atoms with Crippen molar-refractivity contribution in [3.8, 4) is 0 Å². The fourth-order valence-corrected chi connectivity index (χ4v) is 5.15. The molecule has 1 aromatic rings. The summed E-state index contributed by atoms with van der Waals surface area (Å²) in [6.45, 7) is 4.76. The summed E-state index contributed by atoms with van der Waals surface area (Å²) in [7, 11) is 0. The number of aromatic amines is 1. The van der Waals surface area contributed by atoms with Crippen molar-refractivity contribution in [1.29, 1.82) is 0 Å². The molecule has 0 aromatic carbocycles. The highest BCUT2D eigenvalue weighted by Gasteiger charge is 2.50. The number of likely N-dealkylation sites (tertiary alicyclic amines) is 2. The topological polar surface area (TPSA) is 89.5 Å². The van der Waals surface area contributed by atoms with E-state index < -0.39 is 0 Å². The molecule has 2 amide bonds. The van der Waals surface area contributed by atoms with E-state index in [0.29, 0.717) is 19.3 Å². The van der Waals surface area contributed by atoms with Crippen LogP contribution in [-0.2, 0) is 16.0 Å². The van der Waals surface area contributed by atoms with Crippen molar-refractivity contribution in [2.45, 2.75) is 89.4 Å². The van der Waals surface area contributed by atoms with Gasteiger partial charge in [0, 0.05) is 37.5 Å². The summed E-state index contributed by atoms with van der Waals surface area (Å²) in [5.74, 6) is 0.318. The molecule has 2 atom stereocenters. The highest BCUT2D eigenvalue weighted by atomic mass is 16.3. The largest absolute Gasteiger partial charge is 0.393 e. The second kappa shape index (κ2) is 7.26. The van der Waals surface area contributed by atoms with Gasteiger partial charge >= 0.3 is 0 Å². The lowest BCUT2D eigenvalue weighted by Crippen LogP contribution is -2.46. The number of fused-ring (bicyclic) bond motifs is 1. The zero-order valence-corrected chi connectivity index (χ0v) is 16.3. The van der Waals surface area contributed by atoms with Gasteiger partial charge in [0.25, 0.3) is 0 Å². The molecule has 3 fully saturated rings. The number of aryl methyl sites for hydroxylation is 2. The zero-order valence-electron chi connectivity index (χ0n) is 16.3. The van der Waals surface area contributed by atoms with E-state index >= 15 is 0 Å². The van der Waals surface area contributed by atoms with Crippen LogP contribution in [-0.4, -0.2) is 67.7 Å². The van der Waals surface area contributed by atoms with Gasteiger partial charge in [0.2, 0.25) is 11.8 Å². The van der Waals surface area contributed by atoms with Gasteiger partial charge in [-0.1, -0.05) is 0 Å². The van der Waals surface area contributed by atoms with Crippen LogP contribution in [0.4, 0.5) is 0 Å². The van der Waals surface area contributed by atoms with Gasteiger partial charge in [-0.2, -0.15) is 5.10 Å². The monoisotopic (exact) mass is 374 g/mol. The Hall–Kier alpha value is -1.89. The predicted octanol–water partition coefficient (Wildman–Crippen LogP) is 1.46. The number of hydrogen-bond acceptors (Lipinski definition) is 4. The molecular weight excluding hydrogens is 344 g/mol. The molecule has 1 aromatic heterocycles. The van der Waals surface area contributed by atoms with Crippen molar-refractivity contribution >= 4 is 11.8 Å². The summed E-state index contributed by atoms with van der Waals surface area (Å²) in [6.07, 6.45) is 5.50. The molecule has 1 aliphatic carbocycles. The predicted molar refractivity (Wildman–Crippen MR) is 100 cm³/mol. The molecule has 7 heteroatoms. The first kappa shape index (κ1) is 18.5. The maximum Gasteiger partial charge on any atom is 0.225 e. The van der Waals surface area contributed by atoms with E-state index in [0.717, 1.165) is 55.6 Å². The summed E-state index contributed by atoms with van der Waals surface area (Å²) in [6, 6.07) is 0.426. The number of hydrogen-bond donors (Lipinski definition) is 2. The normalized spacial score (nSPS) is 30.9. The first-order chi connectivity index (χ1) is 13.0. The molecule has 2 N–H and O–H groups in total. The summed E-state index contributed by atoms with van der Waals surface area (Å²) < 4.78 is 0. The van der Waals surface area contributed by atoms with E-state index in [-0.39, 0.29) is 36.0 Å². The van der Waals surface area contributed by atoms with Crippen LogP contribution < -0.4 is 0 Å². The number of nitrogens with one attached hydrogen (secondary N) is 1. The van der Waals surface area contributed by atoms with Crippen LogP contribution in [0.1, 0.15) is 61.9 Å². The molecule has 4 rings (SSSR count). The third kappa shape index (κ3) is 3.37. The Labute approximate surface area is 160 Å². The molecule has 2 saturated heterocycles. The van der Waals surface area contributed by atoms with Crippen LogP contribution in [0.2, 0.25) is 0 Å². The standard InChI is InChI=1S/C20H30N4O3/c1-12-13(2)21-22-16(12)7-8-19(26)23-10-9-17-18(23)11-20(27)24(17)14-3-5-15(25)6-4-14/h14-15,17-18,25H,3-11H2,1-2H3,(H,21,22)/t14?,15?,17-,18-/m0/s1. The highest BCUT2D eigenvalue weighted by Crippen LogP contribution is 2.37. The lowest BCUT2D eigenvalue weighted by molar-refractivity contribution is -0.132. The lowest BCUT2D eigenvalue weighted by Gasteiger charge is -2.36. The van der Waals surface area contributed by atoms with E-state index in [2.05, 4.69) is 15.1 Å². The molecule has 27 heavy (non-hydrogen) atoms. The van der Waals surface area contributed by atoms with Crippen molar-refractivity contribution in [3.05, 3.63) is 17.0 Å². The minimum Gasteiger partial charge on any atom is -0.393 e. The molecule has 0 bridgehead atoms. The van der Waals surface area contributed by atoms with Crippen LogP contribution >= 0.6 is 0 Å². The van der Waals surface area contributed by atoms with Crippen molar-refractivity contribution < 1.29 is 14.7 Å². The number of carbonyl (C=O) groups excluding carboxylic acids is 2. The number of nitrogens with zero attached hydrogens (tertiary/aromatic N) is 3. The SMILES string of the molecule is Cc1[nH]nc(CCC(=O)N2CC[C@H]3[C@@H]2CC(=O)N3C2CCC(O)CC2)c1C. The van der Waals surface area contributed by atoms with Gasteiger partial charge in [0.15, 0.2) is 0 Å². The van der Waals surface area contributed by atoms with Crippen molar-refractivity contribution in [2.24, 2.45) is 0 Å². The fraction of sp³-hybridized carbons (Fsp3) is 0.750. The molecule has 7 nitrogen and oxygen atoms in total. The van der Waals surface area contributed by atoms with Crippen LogP contribution in [0.3, 0.4) is 0 Å². The number of rotatable bonds is 4. The second-order valence-corrected chi connectivity index (χ2v) is 8.40. The summed E-state index contributed by atoms with van der Waals surface area (Å²) in [5.41, 5.74) is 3.14. The van der Waals surface area contributed by atoms with Crippen LogP contribution in [0, 0.1) is 13.8 Å². The Balaban J connectivity index is 1.38.